The van der Waals surface area contributed by atoms with Gasteiger partial charge in [0.1, 0.15) is 5.75 Å². The molecule has 0 N–H and O–H groups in total. The summed E-state index contributed by atoms with van der Waals surface area (Å²) in [6.07, 6.45) is -3.94. The lowest BCUT2D eigenvalue weighted by Gasteiger charge is -2.09. The molecule has 28 heavy (non-hydrogen) atoms. The maximum absolute atomic E-state index is 13.0. The summed E-state index contributed by atoms with van der Waals surface area (Å²) in [5, 5.41) is 10.4. The van der Waals surface area contributed by atoms with Gasteiger partial charge in [-0.3, -0.25) is 4.79 Å². The van der Waals surface area contributed by atoms with Gasteiger partial charge in [0.2, 0.25) is 5.88 Å². The molecule has 9 heteroatoms. The van der Waals surface area contributed by atoms with Crippen molar-refractivity contribution in [2.45, 2.75) is 6.18 Å². The first-order valence-electron chi connectivity index (χ1n) is 8.08. The number of rotatable bonds is 4. The van der Waals surface area contributed by atoms with Crippen molar-refractivity contribution in [1.82, 2.24) is 19.8 Å². The molecular weight excluding hydrogens is 373 g/mol. The highest BCUT2D eigenvalue weighted by Crippen LogP contribution is 2.30. The van der Waals surface area contributed by atoms with Crippen LogP contribution < -0.4 is 4.74 Å². The van der Waals surface area contributed by atoms with Crippen molar-refractivity contribution in [3.63, 3.8) is 0 Å². The first-order valence-corrected chi connectivity index (χ1v) is 8.08. The van der Waals surface area contributed by atoms with Gasteiger partial charge in [-0.25, -0.2) is 0 Å². The second-order valence-corrected chi connectivity index (χ2v) is 5.80. The maximum atomic E-state index is 13.0. The zero-order valence-electron chi connectivity index (χ0n) is 14.1. The van der Waals surface area contributed by atoms with Gasteiger partial charge in [0, 0.05) is 11.6 Å². The van der Waals surface area contributed by atoms with Crippen LogP contribution in [0.4, 0.5) is 13.2 Å². The monoisotopic (exact) mass is 384 g/mol. The van der Waals surface area contributed by atoms with Crippen LogP contribution in [0.25, 0.3) is 16.8 Å². The number of benzene rings is 2. The average molecular weight is 384 g/mol. The number of carbonyl (C=O) groups excluding carboxylic acids is 1. The normalized spacial score (nSPS) is 11.5. The van der Waals surface area contributed by atoms with Crippen LogP contribution in [0.2, 0.25) is 0 Å². The molecule has 140 valence electrons. The Morgan fingerprint density at radius 1 is 0.964 bits per heavy atom. The number of hydrogen-bond donors (Lipinski definition) is 0. The third-order valence-electron chi connectivity index (χ3n) is 3.95. The summed E-state index contributed by atoms with van der Waals surface area (Å²) >= 11 is 0. The van der Waals surface area contributed by atoms with Gasteiger partial charge in [0.15, 0.2) is 11.9 Å². The molecule has 6 nitrogen and oxygen atoms in total. The molecule has 0 amide bonds. The fraction of sp³-hybridized carbons (Fsp3) is 0.0526. The van der Waals surface area contributed by atoms with Crippen LogP contribution in [-0.2, 0) is 6.18 Å². The Morgan fingerprint density at radius 3 is 2.57 bits per heavy atom. The Kier molecular flexibility index (Phi) is 4.26. The van der Waals surface area contributed by atoms with Gasteiger partial charge in [0.25, 0.3) is 5.82 Å². The largest absolute Gasteiger partial charge is 0.453 e. The minimum absolute atomic E-state index is 0.0478. The van der Waals surface area contributed by atoms with E-state index in [-0.39, 0.29) is 11.5 Å². The van der Waals surface area contributed by atoms with Crippen LogP contribution in [0.15, 0.2) is 60.7 Å². The zero-order valence-corrected chi connectivity index (χ0v) is 14.1. The molecule has 0 aliphatic carbocycles. The Hall–Kier alpha value is -3.75. The summed E-state index contributed by atoms with van der Waals surface area (Å²) in [4.78, 5) is 11.2. The number of fused-ring (bicyclic) bond motifs is 1. The molecule has 0 atom stereocenters. The Bertz CT molecular complexity index is 1170. The molecule has 0 bridgehead atoms. The first kappa shape index (κ1) is 17.7. The van der Waals surface area contributed by atoms with E-state index in [0.717, 1.165) is 11.8 Å². The molecule has 0 radical (unpaired) electrons. The van der Waals surface area contributed by atoms with Gasteiger partial charge in [-0.2, -0.15) is 17.7 Å². The molecule has 2 aromatic heterocycles. The van der Waals surface area contributed by atoms with Gasteiger partial charge < -0.3 is 4.74 Å². The topological polar surface area (TPSA) is 69.4 Å². The van der Waals surface area contributed by atoms with Crippen molar-refractivity contribution in [1.29, 1.82) is 0 Å². The third kappa shape index (κ3) is 3.29. The predicted molar refractivity (Wildman–Crippen MR) is 93.1 cm³/mol. The van der Waals surface area contributed by atoms with E-state index in [0.29, 0.717) is 21.4 Å². The summed E-state index contributed by atoms with van der Waals surface area (Å²) in [5.74, 6) is -0.938. The fourth-order valence-corrected chi connectivity index (χ4v) is 2.71. The highest BCUT2D eigenvalue weighted by Gasteiger charge is 2.37. The number of ether oxygens (including phenoxy) is 1. The molecule has 0 saturated heterocycles. The van der Waals surface area contributed by atoms with E-state index in [2.05, 4.69) is 15.3 Å². The lowest BCUT2D eigenvalue weighted by molar-refractivity contribution is -0.146. The highest BCUT2D eigenvalue weighted by molar-refractivity contribution is 5.87. The number of carbonyl (C=O) groups is 1. The molecule has 0 aliphatic heterocycles. The van der Waals surface area contributed by atoms with Crippen LogP contribution in [0.3, 0.4) is 0 Å². The average Bonchev–Trinajstić information content (AvgIpc) is 3.12. The van der Waals surface area contributed by atoms with Crippen LogP contribution in [-0.4, -0.2) is 26.1 Å². The Labute approximate surface area is 156 Å². The molecule has 0 unspecified atom stereocenters. The Morgan fingerprint density at radius 2 is 1.79 bits per heavy atom. The summed E-state index contributed by atoms with van der Waals surface area (Å²) in [5.41, 5.74) is 1.90. The number of nitrogens with zero attached hydrogens (tertiary/aromatic N) is 4. The third-order valence-corrected chi connectivity index (χ3v) is 3.95. The van der Waals surface area contributed by atoms with Crippen LogP contribution in [0.1, 0.15) is 16.2 Å². The summed E-state index contributed by atoms with van der Waals surface area (Å²) in [7, 11) is 0. The highest BCUT2D eigenvalue weighted by atomic mass is 19.4. The first-order chi connectivity index (χ1) is 13.5. The second kappa shape index (κ2) is 6.76. The molecule has 2 heterocycles. The molecule has 2 aromatic carbocycles. The Balaban J connectivity index is 1.69. The molecular formula is C19H11F3N4O2. The summed E-state index contributed by atoms with van der Waals surface area (Å²) in [6.45, 7) is 0. The maximum Gasteiger partial charge on any atom is 0.453 e. The molecule has 0 spiro atoms. The quantitative estimate of drug-likeness (QED) is 0.488. The van der Waals surface area contributed by atoms with Crippen molar-refractivity contribution >= 4 is 11.9 Å². The zero-order chi connectivity index (χ0) is 19.7. The SMILES string of the molecule is O=Cc1ccccc1-c1cccc(Oc2ccc3nnc(C(F)(F)F)n3n2)c1. The van der Waals surface area contributed by atoms with Crippen molar-refractivity contribution in [3.8, 4) is 22.8 Å². The van der Waals surface area contributed by atoms with E-state index >= 15 is 0 Å². The van der Waals surface area contributed by atoms with E-state index in [1.165, 1.54) is 12.1 Å². The minimum Gasteiger partial charge on any atom is -0.438 e. The summed E-state index contributed by atoms with van der Waals surface area (Å²) in [6, 6.07) is 16.6. The van der Waals surface area contributed by atoms with Gasteiger partial charge >= 0.3 is 6.18 Å². The number of aromatic nitrogens is 4. The number of halogens is 3. The van der Waals surface area contributed by atoms with Gasteiger partial charge in [-0.1, -0.05) is 36.4 Å². The summed E-state index contributed by atoms with van der Waals surface area (Å²) < 4.78 is 45.2. The number of hydrogen-bond acceptors (Lipinski definition) is 5. The van der Waals surface area contributed by atoms with E-state index in [9.17, 15) is 18.0 Å². The van der Waals surface area contributed by atoms with E-state index in [1.54, 1.807) is 48.5 Å². The molecule has 0 aliphatic rings. The van der Waals surface area contributed by atoms with Crippen LogP contribution in [0, 0.1) is 0 Å². The minimum atomic E-state index is -4.69. The second-order valence-electron chi connectivity index (χ2n) is 5.80. The van der Waals surface area contributed by atoms with E-state index < -0.39 is 12.0 Å². The lowest BCUT2D eigenvalue weighted by Crippen LogP contribution is -2.12. The van der Waals surface area contributed by atoms with Gasteiger partial charge in [-0.15, -0.1) is 15.3 Å². The van der Waals surface area contributed by atoms with Gasteiger partial charge in [-0.05, 0) is 29.3 Å². The van der Waals surface area contributed by atoms with Crippen molar-refractivity contribution in [2.24, 2.45) is 0 Å². The molecule has 0 fully saturated rings. The van der Waals surface area contributed by atoms with Gasteiger partial charge in [0.05, 0.1) is 0 Å². The number of aldehydes is 1. The molecule has 4 rings (SSSR count). The van der Waals surface area contributed by atoms with Crippen molar-refractivity contribution in [3.05, 3.63) is 72.1 Å². The standard InChI is InChI=1S/C19H11F3N4O2/c20-19(21,22)18-24-23-16-8-9-17(25-26(16)18)28-14-6-3-5-12(10-14)15-7-2-1-4-13(15)11-27/h1-11H. The van der Waals surface area contributed by atoms with Crippen molar-refractivity contribution in [2.75, 3.05) is 0 Å². The fourth-order valence-electron chi connectivity index (χ4n) is 2.71. The predicted octanol–water partition coefficient (Wildman–Crippen LogP) is 4.41. The van der Waals surface area contributed by atoms with Crippen LogP contribution in [0.5, 0.6) is 11.6 Å². The lowest BCUT2D eigenvalue weighted by atomic mass is 10.0. The van der Waals surface area contributed by atoms with E-state index in [4.69, 9.17) is 4.74 Å². The number of alkyl halides is 3. The van der Waals surface area contributed by atoms with E-state index in [1.807, 2.05) is 0 Å². The van der Waals surface area contributed by atoms with Crippen LogP contribution >= 0.6 is 0 Å². The molecule has 4 aromatic rings. The smallest absolute Gasteiger partial charge is 0.438 e. The molecule has 0 saturated carbocycles. The van der Waals surface area contributed by atoms with Crippen molar-refractivity contribution < 1.29 is 22.7 Å².